The summed E-state index contributed by atoms with van der Waals surface area (Å²) in [7, 11) is 5.48. The third kappa shape index (κ3) is 5.37. The van der Waals surface area contributed by atoms with Gasteiger partial charge in [-0.15, -0.1) is 0 Å². The number of amides is 1. The predicted molar refractivity (Wildman–Crippen MR) is 128 cm³/mol. The molecule has 3 rings (SSSR count). The van der Waals surface area contributed by atoms with Gasteiger partial charge in [-0.05, 0) is 62.2 Å². The first-order valence-corrected chi connectivity index (χ1v) is 11.1. The van der Waals surface area contributed by atoms with Crippen molar-refractivity contribution in [2.24, 2.45) is 0 Å². The van der Waals surface area contributed by atoms with Crippen LogP contribution in [0, 0.1) is 0 Å². The number of hydrogen-bond acceptors (Lipinski definition) is 6. The maximum Gasteiger partial charge on any atom is 0.295 e. The molecule has 1 amide bonds. The number of likely N-dealkylation sites (tertiary alicyclic amines) is 1. The lowest BCUT2D eigenvalue weighted by Crippen LogP contribution is -2.31. The average Bonchev–Trinajstić information content (AvgIpc) is 3.04. The summed E-state index contributed by atoms with van der Waals surface area (Å²) in [5, 5.41) is 11.2. The molecule has 7 heteroatoms. The standard InChI is InChI=1S/C26H32N2O5/c1-17(2)33-21-13-9-19(10-14-21)24(29)22-23(18-7-11-20(12-8-18)27(3)4)28(15-6-16-32-5)26(31)25(22)30/h7-14,17,23,29H,6,15-16H2,1-5H3/b24-22-. The highest BCUT2D eigenvalue weighted by Crippen LogP contribution is 2.40. The van der Waals surface area contributed by atoms with E-state index in [9.17, 15) is 14.7 Å². The van der Waals surface area contributed by atoms with E-state index in [0.717, 1.165) is 11.3 Å². The Bertz CT molecular complexity index is 1010. The summed E-state index contributed by atoms with van der Waals surface area (Å²) in [6.45, 7) is 4.67. The lowest BCUT2D eigenvalue weighted by Gasteiger charge is -2.26. The number of carbonyl (C=O) groups excluding carboxylic acids is 2. The predicted octanol–water partition coefficient (Wildman–Crippen LogP) is 4.00. The van der Waals surface area contributed by atoms with E-state index in [-0.39, 0.29) is 17.4 Å². The second kappa shape index (κ2) is 10.5. The number of benzene rings is 2. The topological polar surface area (TPSA) is 79.3 Å². The van der Waals surface area contributed by atoms with Crippen molar-refractivity contribution in [3.05, 3.63) is 65.2 Å². The summed E-state index contributed by atoms with van der Waals surface area (Å²) >= 11 is 0. The van der Waals surface area contributed by atoms with Crippen LogP contribution >= 0.6 is 0 Å². The molecule has 2 aromatic rings. The van der Waals surface area contributed by atoms with E-state index < -0.39 is 17.7 Å². The van der Waals surface area contributed by atoms with E-state index in [2.05, 4.69) is 0 Å². The largest absolute Gasteiger partial charge is 0.507 e. The summed E-state index contributed by atoms with van der Waals surface area (Å²) in [5.74, 6) is -0.832. The minimum atomic E-state index is -0.686. The van der Waals surface area contributed by atoms with Gasteiger partial charge in [-0.3, -0.25) is 9.59 Å². The Labute approximate surface area is 195 Å². The minimum Gasteiger partial charge on any atom is -0.507 e. The van der Waals surface area contributed by atoms with E-state index in [0.29, 0.717) is 30.9 Å². The number of ketones is 1. The van der Waals surface area contributed by atoms with Crippen molar-refractivity contribution in [1.29, 1.82) is 0 Å². The molecular formula is C26H32N2O5. The highest BCUT2D eigenvalue weighted by Gasteiger charge is 2.45. The summed E-state index contributed by atoms with van der Waals surface area (Å²) in [6, 6.07) is 13.8. The monoisotopic (exact) mass is 452 g/mol. The lowest BCUT2D eigenvalue weighted by molar-refractivity contribution is -0.140. The first-order chi connectivity index (χ1) is 15.7. The fourth-order valence-electron chi connectivity index (χ4n) is 3.91. The number of nitrogens with zero attached hydrogens (tertiary/aromatic N) is 2. The van der Waals surface area contributed by atoms with Crippen LogP contribution in [-0.4, -0.2) is 62.2 Å². The number of ether oxygens (including phenoxy) is 2. The van der Waals surface area contributed by atoms with Gasteiger partial charge in [0.1, 0.15) is 11.5 Å². The zero-order chi connectivity index (χ0) is 24.1. The van der Waals surface area contributed by atoms with Crippen molar-refractivity contribution in [2.45, 2.75) is 32.4 Å². The normalized spacial score (nSPS) is 17.6. The second-order valence-corrected chi connectivity index (χ2v) is 8.52. The Morgan fingerprint density at radius 1 is 1.06 bits per heavy atom. The molecule has 1 atom stereocenters. The van der Waals surface area contributed by atoms with Gasteiger partial charge >= 0.3 is 0 Å². The quantitative estimate of drug-likeness (QED) is 0.268. The molecule has 1 aliphatic heterocycles. The summed E-state index contributed by atoms with van der Waals surface area (Å²) in [5.41, 5.74) is 2.30. The third-order valence-electron chi connectivity index (χ3n) is 5.51. The summed E-state index contributed by atoms with van der Waals surface area (Å²) in [6.07, 6.45) is 0.601. The minimum absolute atomic E-state index is 0.0204. The molecule has 1 heterocycles. The van der Waals surface area contributed by atoms with Crippen LogP contribution in [0.1, 0.15) is 37.4 Å². The zero-order valence-corrected chi connectivity index (χ0v) is 19.9. The first-order valence-electron chi connectivity index (χ1n) is 11.1. The van der Waals surface area contributed by atoms with Crippen LogP contribution in [0.4, 0.5) is 5.69 Å². The molecule has 7 nitrogen and oxygen atoms in total. The number of anilines is 1. The Morgan fingerprint density at radius 3 is 2.24 bits per heavy atom. The van der Waals surface area contributed by atoms with Gasteiger partial charge in [0.15, 0.2) is 0 Å². The molecule has 0 radical (unpaired) electrons. The molecule has 1 aliphatic rings. The lowest BCUT2D eigenvalue weighted by atomic mass is 9.95. The maximum atomic E-state index is 13.1. The van der Waals surface area contributed by atoms with Crippen LogP contribution in [0.15, 0.2) is 54.1 Å². The van der Waals surface area contributed by atoms with Crippen LogP contribution in [0.25, 0.3) is 5.76 Å². The van der Waals surface area contributed by atoms with Gasteiger partial charge in [-0.25, -0.2) is 0 Å². The fourth-order valence-corrected chi connectivity index (χ4v) is 3.91. The van der Waals surface area contributed by atoms with Gasteiger partial charge in [0.2, 0.25) is 0 Å². The smallest absolute Gasteiger partial charge is 0.295 e. The number of Topliss-reactive ketones (excluding diaryl/α,β-unsaturated/α-hetero) is 1. The number of aliphatic hydroxyl groups is 1. The molecule has 1 saturated heterocycles. The molecule has 1 fully saturated rings. The van der Waals surface area contributed by atoms with Gasteiger partial charge in [-0.2, -0.15) is 0 Å². The van der Waals surface area contributed by atoms with Crippen LogP contribution in [0.3, 0.4) is 0 Å². The van der Waals surface area contributed by atoms with Gasteiger partial charge < -0.3 is 24.4 Å². The Hall–Kier alpha value is -3.32. The van der Waals surface area contributed by atoms with Gasteiger partial charge in [0.05, 0.1) is 17.7 Å². The SMILES string of the molecule is COCCCN1C(=O)C(=O)/C(=C(\O)c2ccc(OC(C)C)cc2)C1c1ccc(N(C)C)cc1. The number of hydrogen-bond donors (Lipinski definition) is 1. The third-order valence-corrected chi connectivity index (χ3v) is 5.51. The van der Waals surface area contributed by atoms with Crippen LogP contribution in [0.5, 0.6) is 5.75 Å². The number of aliphatic hydroxyl groups excluding tert-OH is 1. The average molecular weight is 453 g/mol. The van der Waals surface area contributed by atoms with Crippen molar-refractivity contribution < 1.29 is 24.2 Å². The van der Waals surface area contributed by atoms with Crippen molar-refractivity contribution in [3.8, 4) is 5.75 Å². The molecular weight excluding hydrogens is 420 g/mol. The molecule has 0 saturated carbocycles. The Kier molecular flexibility index (Phi) is 7.76. The van der Waals surface area contributed by atoms with E-state index >= 15 is 0 Å². The van der Waals surface area contributed by atoms with Crippen LogP contribution < -0.4 is 9.64 Å². The molecule has 0 bridgehead atoms. The van der Waals surface area contributed by atoms with Gasteiger partial charge in [0.25, 0.3) is 11.7 Å². The van der Waals surface area contributed by atoms with Gasteiger partial charge in [0, 0.05) is 45.6 Å². The molecule has 0 aliphatic carbocycles. The number of methoxy groups -OCH3 is 1. The first kappa shape index (κ1) is 24.3. The second-order valence-electron chi connectivity index (χ2n) is 8.52. The highest BCUT2D eigenvalue weighted by atomic mass is 16.5. The van der Waals surface area contributed by atoms with Gasteiger partial charge in [-0.1, -0.05) is 12.1 Å². The number of carbonyl (C=O) groups is 2. The van der Waals surface area contributed by atoms with E-state index in [1.807, 2.05) is 57.1 Å². The molecule has 33 heavy (non-hydrogen) atoms. The van der Waals surface area contributed by atoms with Crippen molar-refractivity contribution in [1.82, 2.24) is 4.90 Å². The van der Waals surface area contributed by atoms with Crippen molar-refractivity contribution in [3.63, 3.8) is 0 Å². The molecule has 176 valence electrons. The van der Waals surface area contributed by atoms with Crippen molar-refractivity contribution >= 4 is 23.1 Å². The molecule has 0 aromatic heterocycles. The maximum absolute atomic E-state index is 13.1. The molecule has 2 aromatic carbocycles. The van der Waals surface area contributed by atoms with Crippen molar-refractivity contribution in [2.75, 3.05) is 39.3 Å². The van der Waals surface area contributed by atoms with Crippen LogP contribution in [-0.2, 0) is 14.3 Å². The Balaban J connectivity index is 2.05. The highest BCUT2D eigenvalue weighted by molar-refractivity contribution is 6.46. The van der Waals surface area contributed by atoms with E-state index in [4.69, 9.17) is 9.47 Å². The zero-order valence-electron chi connectivity index (χ0n) is 19.9. The Morgan fingerprint density at radius 2 is 1.70 bits per heavy atom. The fraction of sp³-hybridized carbons (Fsp3) is 0.385. The summed E-state index contributed by atoms with van der Waals surface area (Å²) in [4.78, 5) is 29.5. The van der Waals surface area contributed by atoms with E-state index in [1.165, 1.54) is 4.90 Å². The summed E-state index contributed by atoms with van der Waals surface area (Å²) < 4.78 is 10.8. The van der Waals surface area contributed by atoms with Crippen LogP contribution in [0.2, 0.25) is 0 Å². The molecule has 1 N–H and O–H groups in total. The number of rotatable bonds is 9. The van der Waals surface area contributed by atoms with E-state index in [1.54, 1.807) is 31.4 Å². The molecule has 1 unspecified atom stereocenters. The molecule has 0 spiro atoms.